The van der Waals surface area contributed by atoms with Gasteiger partial charge in [-0.05, 0) is 13.8 Å². The first-order chi connectivity index (χ1) is 9.75. The van der Waals surface area contributed by atoms with Crippen LogP contribution in [0.2, 0.25) is 0 Å². The molecule has 1 aromatic rings. The Morgan fingerprint density at radius 3 is 2.19 bits per heavy atom. The summed E-state index contributed by atoms with van der Waals surface area (Å²) in [5.74, 6) is 0. The molecular formula is C12H21N5O3S. The van der Waals surface area contributed by atoms with Crippen molar-refractivity contribution < 1.29 is 13.2 Å². The maximum absolute atomic E-state index is 12.7. The first kappa shape index (κ1) is 15.8. The number of sulfonamides is 1. The smallest absolute Gasteiger partial charge is 0.319 e. The number of aryl methyl sites for hydroxylation is 2. The molecule has 0 saturated carbocycles. The molecule has 0 aromatic carbocycles. The van der Waals surface area contributed by atoms with E-state index in [0.717, 1.165) is 0 Å². The lowest BCUT2D eigenvalue weighted by molar-refractivity contribution is 0.149. The second-order valence-corrected chi connectivity index (χ2v) is 7.21. The molecule has 2 heterocycles. The van der Waals surface area contributed by atoms with Crippen molar-refractivity contribution in [3.8, 4) is 0 Å². The zero-order valence-corrected chi connectivity index (χ0v) is 13.6. The normalized spacial score (nSPS) is 17.0. The fraction of sp³-hybridized carbons (Fsp3) is 0.667. The number of aromatic amines is 1. The number of H-pyrrole nitrogens is 1. The number of piperazine rings is 1. The lowest BCUT2D eigenvalue weighted by atomic mass is 10.4. The van der Waals surface area contributed by atoms with Gasteiger partial charge in [0.25, 0.3) is 0 Å². The second kappa shape index (κ2) is 5.64. The van der Waals surface area contributed by atoms with Gasteiger partial charge in [0.05, 0.1) is 11.4 Å². The Labute approximate surface area is 124 Å². The van der Waals surface area contributed by atoms with E-state index in [4.69, 9.17) is 0 Å². The second-order valence-electron chi connectivity index (χ2n) is 5.33. The van der Waals surface area contributed by atoms with E-state index < -0.39 is 10.0 Å². The summed E-state index contributed by atoms with van der Waals surface area (Å²) < 4.78 is 26.7. The fourth-order valence-corrected chi connectivity index (χ4v) is 4.21. The van der Waals surface area contributed by atoms with Gasteiger partial charge in [-0.25, -0.2) is 13.2 Å². The average Bonchev–Trinajstić information content (AvgIpc) is 2.78. The summed E-state index contributed by atoms with van der Waals surface area (Å²) in [7, 11) is -0.193. The molecule has 1 N–H and O–H groups in total. The third-order valence-corrected chi connectivity index (χ3v) is 5.71. The van der Waals surface area contributed by atoms with Gasteiger partial charge in [0.1, 0.15) is 4.90 Å². The van der Waals surface area contributed by atoms with E-state index in [1.54, 1.807) is 32.8 Å². The summed E-state index contributed by atoms with van der Waals surface area (Å²) in [4.78, 5) is 15.3. The van der Waals surface area contributed by atoms with Crippen molar-refractivity contribution in [2.45, 2.75) is 18.7 Å². The highest BCUT2D eigenvalue weighted by atomic mass is 32.2. The van der Waals surface area contributed by atoms with Gasteiger partial charge in [-0.15, -0.1) is 0 Å². The van der Waals surface area contributed by atoms with Crippen LogP contribution in [0.25, 0.3) is 0 Å². The van der Waals surface area contributed by atoms with E-state index in [0.29, 0.717) is 37.6 Å². The molecule has 0 bridgehead atoms. The fourth-order valence-electron chi connectivity index (χ4n) is 2.45. The molecule has 1 aromatic heterocycles. The van der Waals surface area contributed by atoms with E-state index in [1.165, 1.54) is 9.21 Å². The molecule has 21 heavy (non-hydrogen) atoms. The molecule has 0 aliphatic carbocycles. The van der Waals surface area contributed by atoms with E-state index >= 15 is 0 Å². The topological polar surface area (TPSA) is 89.6 Å². The minimum Gasteiger partial charge on any atom is -0.331 e. The molecule has 118 valence electrons. The van der Waals surface area contributed by atoms with Crippen molar-refractivity contribution >= 4 is 16.1 Å². The lowest BCUT2D eigenvalue weighted by Crippen LogP contribution is -2.52. The van der Waals surface area contributed by atoms with Gasteiger partial charge in [0.15, 0.2) is 0 Å². The van der Waals surface area contributed by atoms with Crippen molar-refractivity contribution in [1.29, 1.82) is 0 Å². The van der Waals surface area contributed by atoms with Gasteiger partial charge in [-0.3, -0.25) is 5.10 Å². The van der Waals surface area contributed by atoms with Crippen LogP contribution in [0.3, 0.4) is 0 Å². The zero-order chi connectivity index (χ0) is 15.8. The van der Waals surface area contributed by atoms with Crippen LogP contribution >= 0.6 is 0 Å². The van der Waals surface area contributed by atoms with Crippen LogP contribution in [0.5, 0.6) is 0 Å². The minimum absolute atomic E-state index is 0.0947. The van der Waals surface area contributed by atoms with Crippen molar-refractivity contribution in [2.75, 3.05) is 40.3 Å². The predicted molar refractivity (Wildman–Crippen MR) is 77.5 cm³/mol. The summed E-state index contributed by atoms with van der Waals surface area (Å²) in [6, 6.07) is -0.0947. The number of rotatable bonds is 2. The van der Waals surface area contributed by atoms with Gasteiger partial charge < -0.3 is 9.80 Å². The Hall–Kier alpha value is -1.61. The Bertz CT molecular complexity index is 610. The number of nitrogens with one attached hydrogen (secondary N) is 1. The molecule has 1 fully saturated rings. The third-order valence-electron chi connectivity index (χ3n) is 3.55. The highest BCUT2D eigenvalue weighted by Crippen LogP contribution is 2.22. The molecule has 0 radical (unpaired) electrons. The summed E-state index contributed by atoms with van der Waals surface area (Å²) in [6.45, 7) is 4.75. The van der Waals surface area contributed by atoms with Gasteiger partial charge >= 0.3 is 6.03 Å². The first-order valence-corrected chi connectivity index (χ1v) is 8.17. The number of urea groups is 1. The number of carbonyl (C=O) groups excluding carboxylic acids is 1. The van der Waals surface area contributed by atoms with E-state index in [-0.39, 0.29) is 10.9 Å². The molecule has 1 aliphatic heterocycles. The standard InChI is InChI=1S/C12H21N5O3S/c1-9-11(10(2)14-13-9)21(19,20)17-7-5-16(6-8-17)12(18)15(3)4/h5-8H2,1-4H3,(H,13,14). The Morgan fingerprint density at radius 2 is 1.76 bits per heavy atom. The van der Waals surface area contributed by atoms with Gasteiger partial charge in [0.2, 0.25) is 10.0 Å². The Morgan fingerprint density at radius 1 is 1.19 bits per heavy atom. The molecule has 2 rings (SSSR count). The van der Waals surface area contributed by atoms with E-state index in [9.17, 15) is 13.2 Å². The van der Waals surface area contributed by atoms with Crippen LogP contribution < -0.4 is 0 Å². The summed E-state index contributed by atoms with van der Waals surface area (Å²) in [6.07, 6.45) is 0. The number of nitrogens with zero attached hydrogens (tertiary/aromatic N) is 4. The monoisotopic (exact) mass is 315 g/mol. The van der Waals surface area contributed by atoms with E-state index in [1.807, 2.05) is 0 Å². The third kappa shape index (κ3) is 2.88. The molecule has 9 heteroatoms. The summed E-state index contributed by atoms with van der Waals surface area (Å²) >= 11 is 0. The van der Waals surface area contributed by atoms with Crippen LogP contribution in [0, 0.1) is 13.8 Å². The van der Waals surface area contributed by atoms with Crippen LogP contribution in [-0.2, 0) is 10.0 Å². The number of hydrogen-bond donors (Lipinski definition) is 1. The van der Waals surface area contributed by atoms with Crippen molar-refractivity contribution in [3.05, 3.63) is 11.4 Å². The molecule has 1 saturated heterocycles. The van der Waals surface area contributed by atoms with Crippen molar-refractivity contribution in [3.63, 3.8) is 0 Å². The molecular weight excluding hydrogens is 294 g/mol. The number of carbonyl (C=O) groups is 1. The zero-order valence-electron chi connectivity index (χ0n) is 12.8. The number of hydrogen-bond acceptors (Lipinski definition) is 4. The summed E-state index contributed by atoms with van der Waals surface area (Å²) in [5.41, 5.74) is 1.01. The molecule has 1 aliphatic rings. The molecule has 0 spiro atoms. The summed E-state index contributed by atoms with van der Waals surface area (Å²) in [5, 5.41) is 6.64. The van der Waals surface area contributed by atoms with Crippen LogP contribution in [0.4, 0.5) is 4.79 Å². The highest BCUT2D eigenvalue weighted by molar-refractivity contribution is 7.89. The van der Waals surface area contributed by atoms with Crippen molar-refractivity contribution in [2.24, 2.45) is 0 Å². The largest absolute Gasteiger partial charge is 0.331 e. The van der Waals surface area contributed by atoms with Crippen LogP contribution in [-0.4, -0.2) is 79.0 Å². The molecule has 0 unspecified atom stereocenters. The highest BCUT2D eigenvalue weighted by Gasteiger charge is 2.33. The van der Waals surface area contributed by atoms with Crippen LogP contribution in [0.15, 0.2) is 4.90 Å². The maximum Gasteiger partial charge on any atom is 0.319 e. The Kier molecular flexibility index (Phi) is 4.24. The Balaban J connectivity index is 2.14. The quantitative estimate of drug-likeness (QED) is 0.833. The molecule has 2 amide bonds. The lowest BCUT2D eigenvalue weighted by Gasteiger charge is -2.35. The number of aromatic nitrogens is 2. The van der Waals surface area contributed by atoms with Gasteiger partial charge in [-0.1, -0.05) is 0 Å². The molecule has 0 atom stereocenters. The number of amides is 2. The van der Waals surface area contributed by atoms with Crippen LogP contribution in [0.1, 0.15) is 11.4 Å². The average molecular weight is 315 g/mol. The molecule has 8 nitrogen and oxygen atoms in total. The minimum atomic E-state index is -3.56. The predicted octanol–water partition coefficient (Wildman–Crippen LogP) is 0.0144. The van der Waals surface area contributed by atoms with E-state index in [2.05, 4.69) is 10.2 Å². The van der Waals surface area contributed by atoms with Crippen molar-refractivity contribution in [1.82, 2.24) is 24.3 Å². The SMILES string of the molecule is Cc1n[nH]c(C)c1S(=O)(=O)N1CCN(C(=O)N(C)C)CC1. The van der Waals surface area contributed by atoms with Gasteiger partial charge in [-0.2, -0.15) is 9.40 Å². The maximum atomic E-state index is 12.7. The van der Waals surface area contributed by atoms with Gasteiger partial charge in [0, 0.05) is 40.3 Å². The first-order valence-electron chi connectivity index (χ1n) is 6.73.